The van der Waals surface area contributed by atoms with Crippen LogP contribution in [0.1, 0.15) is 31.4 Å². The van der Waals surface area contributed by atoms with E-state index in [1.165, 1.54) is 0 Å². The molecular formula is C14H20F3NS. The highest BCUT2D eigenvalue weighted by Gasteiger charge is 2.32. The molecule has 1 nitrogen and oxygen atoms in total. The Morgan fingerprint density at radius 2 is 1.84 bits per heavy atom. The van der Waals surface area contributed by atoms with Crippen molar-refractivity contribution in [3.05, 3.63) is 35.9 Å². The van der Waals surface area contributed by atoms with Crippen LogP contribution in [0.15, 0.2) is 30.3 Å². The van der Waals surface area contributed by atoms with Crippen molar-refractivity contribution < 1.29 is 13.2 Å². The van der Waals surface area contributed by atoms with Crippen molar-refractivity contribution in [3.63, 3.8) is 0 Å². The molecule has 0 saturated heterocycles. The molecule has 0 radical (unpaired) electrons. The summed E-state index contributed by atoms with van der Waals surface area (Å²) in [6, 6.07) is 8.16. The minimum atomic E-state index is -4.15. The van der Waals surface area contributed by atoms with Crippen LogP contribution in [0.4, 0.5) is 13.2 Å². The third-order valence-electron chi connectivity index (χ3n) is 2.98. The topological polar surface area (TPSA) is 12.0 Å². The van der Waals surface area contributed by atoms with Gasteiger partial charge >= 0.3 is 6.18 Å². The Morgan fingerprint density at radius 3 is 2.37 bits per heavy atom. The van der Waals surface area contributed by atoms with Gasteiger partial charge in [0.1, 0.15) is 0 Å². The molecule has 1 N–H and O–H groups in total. The van der Waals surface area contributed by atoms with Gasteiger partial charge in [0.2, 0.25) is 0 Å². The van der Waals surface area contributed by atoms with Gasteiger partial charge in [0, 0.05) is 11.3 Å². The summed E-state index contributed by atoms with van der Waals surface area (Å²) in [6.45, 7) is 2.67. The number of nitrogens with one attached hydrogen (secondary N) is 1. The van der Waals surface area contributed by atoms with E-state index >= 15 is 0 Å². The molecule has 108 valence electrons. The van der Waals surface area contributed by atoms with Gasteiger partial charge in [-0.05, 0) is 24.8 Å². The van der Waals surface area contributed by atoms with Gasteiger partial charge in [-0.2, -0.15) is 24.9 Å². The number of rotatable bonds is 7. The Kier molecular flexibility index (Phi) is 6.72. The lowest BCUT2D eigenvalue weighted by atomic mass is 10.0. The van der Waals surface area contributed by atoms with Gasteiger partial charge in [-0.1, -0.05) is 37.3 Å². The SMILES string of the molecule is CSC(C)CCNC(CC(F)(F)F)c1ccccc1. The summed E-state index contributed by atoms with van der Waals surface area (Å²) in [5.74, 6) is 0. The van der Waals surface area contributed by atoms with Gasteiger partial charge in [-0.15, -0.1) is 0 Å². The van der Waals surface area contributed by atoms with Crippen molar-refractivity contribution in [2.75, 3.05) is 12.8 Å². The van der Waals surface area contributed by atoms with E-state index in [1.54, 1.807) is 36.0 Å². The zero-order valence-electron chi connectivity index (χ0n) is 11.2. The van der Waals surface area contributed by atoms with Crippen LogP contribution in [-0.2, 0) is 0 Å². The Hall–Kier alpha value is -0.680. The molecule has 0 fully saturated rings. The molecule has 0 amide bonds. The average molecular weight is 291 g/mol. The monoisotopic (exact) mass is 291 g/mol. The molecule has 5 heteroatoms. The fourth-order valence-corrected chi connectivity index (χ4v) is 2.16. The van der Waals surface area contributed by atoms with Crippen LogP contribution in [-0.4, -0.2) is 24.2 Å². The molecule has 0 aliphatic rings. The lowest BCUT2D eigenvalue weighted by Gasteiger charge is -2.21. The predicted octanol–water partition coefficient (Wildman–Crippen LogP) is 4.41. The summed E-state index contributed by atoms with van der Waals surface area (Å²) >= 11 is 1.72. The molecule has 0 heterocycles. The Bertz CT molecular complexity index is 353. The number of thioether (sulfide) groups is 1. The molecule has 2 unspecified atom stereocenters. The van der Waals surface area contributed by atoms with Crippen LogP contribution < -0.4 is 5.32 Å². The molecular weight excluding hydrogens is 271 g/mol. The van der Waals surface area contributed by atoms with E-state index in [1.807, 2.05) is 12.3 Å². The number of halogens is 3. The fraction of sp³-hybridized carbons (Fsp3) is 0.571. The maximum atomic E-state index is 12.6. The molecule has 0 aliphatic carbocycles. The van der Waals surface area contributed by atoms with E-state index in [2.05, 4.69) is 12.2 Å². The van der Waals surface area contributed by atoms with E-state index in [-0.39, 0.29) is 0 Å². The molecule has 0 saturated carbocycles. The molecule has 1 rings (SSSR count). The summed E-state index contributed by atoms with van der Waals surface area (Å²) in [5, 5.41) is 3.48. The average Bonchev–Trinajstić information content (AvgIpc) is 2.37. The van der Waals surface area contributed by atoms with Crippen LogP contribution in [0, 0.1) is 0 Å². The summed E-state index contributed by atoms with van der Waals surface area (Å²) in [4.78, 5) is 0. The molecule has 1 aromatic rings. The summed E-state index contributed by atoms with van der Waals surface area (Å²) in [6.07, 6.45) is -2.11. The van der Waals surface area contributed by atoms with E-state index in [0.717, 1.165) is 6.42 Å². The van der Waals surface area contributed by atoms with E-state index < -0.39 is 18.6 Å². The Labute approximate surface area is 117 Å². The molecule has 0 bridgehead atoms. The quantitative estimate of drug-likeness (QED) is 0.798. The number of benzene rings is 1. The first-order valence-corrected chi connectivity index (χ1v) is 7.59. The highest BCUT2D eigenvalue weighted by Crippen LogP contribution is 2.29. The van der Waals surface area contributed by atoms with Crippen molar-refractivity contribution in [2.45, 2.75) is 37.2 Å². The van der Waals surface area contributed by atoms with Crippen molar-refractivity contribution in [2.24, 2.45) is 0 Å². The first kappa shape index (κ1) is 16.4. The van der Waals surface area contributed by atoms with Gasteiger partial charge < -0.3 is 5.32 Å². The Morgan fingerprint density at radius 1 is 1.21 bits per heavy atom. The van der Waals surface area contributed by atoms with Gasteiger partial charge in [0.15, 0.2) is 0 Å². The lowest BCUT2D eigenvalue weighted by Crippen LogP contribution is -2.28. The normalized spacial score (nSPS) is 15.2. The maximum absolute atomic E-state index is 12.6. The second kappa shape index (κ2) is 7.80. The lowest BCUT2D eigenvalue weighted by molar-refractivity contribution is -0.140. The minimum absolute atomic E-state index is 0.454. The molecule has 19 heavy (non-hydrogen) atoms. The van der Waals surface area contributed by atoms with E-state index in [9.17, 15) is 13.2 Å². The van der Waals surface area contributed by atoms with Crippen LogP contribution in [0.2, 0.25) is 0 Å². The maximum Gasteiger partial charge on any atom is 0.390 e. The second-order valence-electron chi connectivity index (χ2n) is 4.57. The second-order valence-corrected chi connectivity index (χ2v) is 5.85. The van der Waals surface area contributed by atoms with Crippen molar-refractivity contribution in [3.8, 4) is 0 Å². The summed E-state index contributed by atoms with van der Waals surface area (Å²) in [5.41, 5.74) is 0.691. The third kappa shape index (κ3) is 6.87. The first-order valence-electron chi connectivity index (χ1n) is 6.30. The molecule has 2 atom stereocenters. The minimum Gasteiger partial charge on any atom is -0.310 e. The number of hydrogen-bond donors (Lipinski definition) is 1. The van der Waals surface area contributed by atoms with E-state index in [4.69, 9.17) is 0 Å². The van der Waals surface area contributed by atoms with Gasteiger partial charge in [0.05, 0.1) is 6.42 Å². The van der Waals surface area contributed by atoms with Crippen LogP contribution in [0.5, 0.6) is 0 Å². The Balaban J connectivity index is 2.60. The fourth-order valence-electron chi connectivity index (χ4n) is 1.80. The van der Waals surface area contributed by atoms with Gasteiger partial charge in [0.25, 0.3) is 0 Å². The molecule has 1 aromatic carbocycles. The van der Waals surface area contributed by atoms with Gasteiger partial charge in [-0.25, -0.2) is 0 Å². The van der Waals surface area contributed by atoms with Crippen LogP contribution >= 0.6 is 11.8 Å². The third-order valence-corrected chi connectivity index (χ3v) is 4.02. The summed E-state index contributed by atoms with van der Waals surface area (Å²) < 4.78 is 37.8. The zero-order valence-corrected chi connectivity index (χ0v) is 12.0. The van der Waals surface area contributed by atoms with Crippen molar-refractivity contribution >= 4 is 11.8 Å². The van der Waals surface area contributed by atoms with Crippen molar-refractivity contribution in [1.82, 2.24) is 5.32 Å². The number of alkyl halides is 3. The first-order chi connectivity index (χ1) is 8.92. The molecule has 0 aliphatic heterocycles. The standard InChI is InChI=1S/C14H20F3NS/c1-11(19-2)8-9-18-13(10-14(15,16)17)12-6-4-3-5-7-12/h3-7,11,13,18H,8-10H2,1-2H3. The predicted molar refractivity (Wildman–Crippen MR) is 75.5 cm³/mol. The molecule has 0 spiro atoms. The van der Waals surface area contributed by atoms with Crippen LogP contribution in [0.3, 0.4) is 0 Å². The van der Waals surface area contributed by atoms with Crippen molar-refractivity contribution in [1.29, 1.82) is 0 Å². The summed E-state index contributed by atoms with van der Waals surface area (Å²) in [7, 11) is 0. The smallest absolute Gasteiger partial charge is 0.310 e. The van der Waals surface area contributed by atoms with Gasteiger partial charge in [-0.3, -0.25) is 0 Å². The highest BCUT2D eigenvalue weighted by molar-refractivity contribution is 7.99. The zero-order chi connectivity index (χ0) is 14.3. The molecule has 0 aromatic heterocycles. The van der Waals surface area contributed by atoms with E-state index in [0.29, 0.717) is 17.4 Å². The number of hydrogen-bond acceptors (Lipinski definition) is 2. The highest BCUT2D eigenvalue weighted by atomic mass is 32.2. The van der Waals surface area contributed by atoms with Crippen LogP contribution in [0.25, 0.3) is 0 Å². The largest absolute Gasteiger partial charge is 0.390 e.